The minimum Gasteiger partial charge on any atom is -0.381 e. The van der Waals surface area contributed by atoms with Crippen LogP contribution in [-0.2, 0) is 4.74 Å². The van der Waals surface area contributed by atoms with Gasteiger partial charge in [-0.2, -0.15) is 0 Å². The fourth-order valence-electron chi connectivity index (χ4n) is 5.94. The van der Waals surface area contributed by atoms with Crippen LogP contribution in [0.25, 0.3) is 0 Å². The molecule has 0 radical (unpaired) electrons. The van der Waals surface area contributed by atoms with E-state index in [1.54, 1.807) is 0 Å². The number of methoxy groups -OCH3 is 1. The van der Waals surface area contributed by atoms with Gasteiger partial charge in [-0.05, 0) is 69.1 Å². The van der Waals surface area contributed by atoms with Gasteiger partial charge in [0.2, 0.25) is 0 Å². The molecule has 0 aromatic heterocycles. The van der Waals surface area contributed by atoms with Crippen molar-refractivity contribution in [2.45, 2.75) is 69.8 Å². The molecule has 0 aromatic rings. The first-order chi connectivity index (χ1) is 13.8. The van der Waals surface area contributed by atoms with E-state index in [0.29, 0.717) is 18.4 Å². The Morgan fingerprint density at radius 2 is 1.54 bits per heavy atom. The smallest absolute Gasteiger partial charge is 0.112 e. The van der Waals surface area contributed by atoms with Gasteiger partial charge in [0.05, 0.1) is 6.10 Å². The minimum atomic E-state index is 0.307. The van der Waals surface area contributed by atoms with Crippen LogP contribution in [0.3, 0.4) is 0 Å². The molecule has 0 unspecified atom stereocenters. The first kappa shape index (κ1) is 21.0. The molecule has 4 aliphatic rings. The van der Waals surface area contributed by atoms with E-state index in [-0.39, 0.29) is 0 Å². The lowest BCUT2D eigenvalue weighted by molar-refractivity contribution is 0.0413. The van der Waals surface area contributed by atoms with E-state index in [9.17, 15) is 0 Å². The number of nitrogens with one attached hydrogen (secondary N) is 4. The maximum atomic E-state index is 5.53. The zero-order chi connectivity index (χ0) is 19.2. The van der Waals surface area contributed by atoms with Crippen LogP contribution in [0, 0.1) is 17.8 Å². The monoisotopic (exact) mass is 393 g/mol. The third-order valence-corrected chi connectivity index (χ3v) is 7.86. The molecule has 4 N–H and O–H groups in total. The van der Waals surface area contributed by atoms with E-state index in [4.69, 9.17) is 4.74 Å². The Kier molecular flexibility index (Phi) is 8.02. The summed E-state index contributed by atoms with van der Waals surface area (Å²) in [4.78, 5) is 2.67. The molecule has 2 aliphatic heterocycles. The third-order valence-electron chi connectivity index (χ3n) is 7.86. The fourth-order valence-corrected chi connectivity index (χ4v) is 5.94. The largest absolute Gasteiger partial charge is 0.381 e. The van der Waals surface area contributed by atoms with E-state index in [1.165, 1.54) is 84.1 Å². The van der Waals surface area contributed by atoms with Crippen molar-refractivity contribution in [1.82, 2.24) is 26.2 Å². The molecule has 0 spiro atoms. The topological polar surface area (TPSA) is 60.6 Å². The number of ether oxygens (including phenoxy) is 1. The van der Waals surface area contributed by atoms with Crippen LogP contribution in [0.5, 0.6) is 0 Å². The predicted octanol–water partition coefficient (Wildman–Crippen LogP) is 1.34. The molecule has 0 amide bonds. The van der Waals surface area contributed by atoms with Crippen molar-refractivity contribution in [3.63, 3.8) is 0 Å². The van der Waals surface area contributed by atoms with Crippen LogP contribution in [0.4, 0.5) is 0 Å². The molecule has 4 fully saturated rings. The summed E-state index contributed by atoms with van der Waals surface area (Å²) in [6, 6.07) is 0.679. The molecular weight excluding hydrogens is 350 g/mol. The highest BCUT2D eigenvalue weighted by Gasteiger charge is 2.31. The van der Waals surface area contributed by atoms with E-state index < -0.39 is 0 Å². The van der Waals surface area contributed by atoms with Gasteiger partial charge in [-0.25, -0.2) is 0 Å². The first-order valence-electron chi connectivity index (χ1n) is 12.0. The Bertz CT molecular complexity index is 434. The van der Waals surface area contributed by atoms with E-state index in [1.807, 2.05) is 7.11 Å². The van der Waals surface area contributed by atoms with Gasteiger partial charge in [0, 0.05) is 59.0 Å². The van der Waals surface area contributed by atoms with Crippen LogP contribution in [-0.4, -0.2) is 76.3 Å². The summed E-state index contributed by atoms with van der Waals surface area (Å²) in [6.45, 7) is 8.46. The molecule has 0 aromatic carbocycles. The SMILES string of the molecule is COC1CCC(C2CNC(NC3CCC(CN4CCNCC4)CC3)NC2)CC1. The highest BCUT2D eigenvalue weighted by Crippen LogP contribution is 2.32. The molecule has 162 valence electrons. The zero-order valence-corrected chi connectivity index (χ0v) is 17.9. The maximum Gasteiger partial charge on any atom is 0.112 e. The Hall–Kier alpha value is -0.240. The van der Waals surface area contributed by atoms with Gasteiger partial charge in [-0.1, -0.05) is 0 Å². The Morgan fingerprint density at radius 3 is 2.18 bits per heavy atom. The lowest BCUT2D eigenvalue weighted by Crippen LogP contribution is -2.63. The summed E-state index contributed by atoms with van der Waals surface area (Å²) >= 11 is 0. The average molecular weight is 394 g/mol. The molecule has 4 rings (SSSR count). The van der Waals surface area contributed by atoms with E-state index in [2.05, 4.69) is 26.2 Å². The van der Waals surface area contributed by atoms with Crippen LogP contribution in [0.1, 0.15) is 51.4 Å². The Morgan fingerprint density at radius 1 is 0.857 bits per heavy atom. The molecule has 2 saturated carbocycles. The van der Waals surface area contributed by atoms with Crippen LogP contribution < -0.4 is 21.3 Å². The number of nitrogens with zero attached hydrogens (tertiary/aromatic N) is 1. The van der Waals surface area contributed by atoms with Crippen molar-refractivity contribution < 1.29 is 4.74 Å². The number of hydrogen-bond acceptors (Lipinski definition) is 6. The second-order valence-electron chi connectivity index (χ2n) is 9.72. The number of rotatable bonds is 6. The minimum absolute atomic E-state index is 0.307. The molecule has 0 atom stereocenters. The van der Waals surface area contributed by atoms with Crippen molar-refractivity contribution >= 4 is 0 Å². The average Bonchev–Trinajstić information content (AvgIpc) is 2.76. The van der Waals surface area contributed by atoms with E-state index in [0.717, 1.165) is 30.8 Å². The quantitative estimate of drug-likeness (QED) is 0.546. The zero-order valence-electron chi connectivity index (χ0n) is 17.9. The molecule has 6 nitrogen and oxygen atoms in total. The van der Waals surface area contributed by atoms with Crippen molar-refractivity contribution in [3.05, 3.63) is 0 Å². The van der Waals surface area contributed by atoms with Crippen LogP contribution >= 0.6 is 0 Å². The lowest BCUT2D eigenvalue weighted by atomic mass is 9.78. The molecular formula is C22H43N5O. The molecule has 2 aliphatic carbocycles. The summed E-state index contributed by atoms with van der Waals surface area (Å²) in [5.74, 6) is 2.56. The first-order valence-corrected chi connectivity index (χ1v) is 12.0. The predicted molar refractivity (Wildman–Crippen MR) is 114 cm³/mol. The van der Waals surface area contributed by atoms with Gasteiger partial charge in [0.25, 0.3) is 0 Å². The number of piperazine rings is 1. The van der Waals surface area contributed by atoms with Gasteiger partial charge in [0.15, 0.2) is 0 Å². The van der Waals surface area contributed by atoms with Gasteiger partial charge in [-0.3, -0.25) is 16.0 Å². The van der Waals surface area contributed by atoms with Crippen molar-refractivity contribution in [3.8, 4) is 0 Å². The van der Waals surface area contributed by atoms with Gasteiger partial charge >= 0.3 is 0 Å². The van der Waals surface area contributed by atoms with E-state index >= 15 is 0 Å². The molecule has 6 heteroatoms. The summed E-state index contributed by atoms with van der Waals surface area (Å²) in [7, 11) is 1.86. The Labute approximate surface area is 171 Å². The normalized spacial score (nSPS) is 41.0. The molecule has 2 saturated heterocycles. The highest BCUT2D eigenvalue weighted by atomic mass is 16.5. The Balaban J connectivity index is 1.10. The maximum absolute atomic E-state index is 5.53. The van der Waals surface area contributed by atoms with Crippen LogP contribution in [0.15, 0.2) is 0 Å². The number of hydrogen-bond donors (Lipinski definition) is 4. The summed E-state index contributed by atoms with van der Waals surface area (Å²) in [5, 5.41) is 14.8. The fraction of sp³-hybridized carbons (Fsp3) is 1.00. The lowest BCUT2D eigenvalue weighted by Gasteiger charge is -2.41. The molecule has 0 bridgehead atoms. The van der Waals surface area contributed by atoms with Crippen molar-refractivity contribution in [1.29, 1.82) is 0 Å². The van der Waals surface area contributed by atoms with Crippen LogP contribution in [0.2, 0.25) is 0 Å². The molecule has 2 heterocycles. The highest BCUT2D eigenvalue weighted by molar-refractivity contribution is 4.87. The van der Waals surface area contributed by atoms with Gasteiger partial charge < -0.3 is 15.0 Å². The summed E-state index contributed by atoms with van der Waals surface area (Å²) in [6.07, 6.45) is 11.4. The molecule has 28 heavy (non-hydrogen) atoms. The van der Waals surface area contributed by atoms with Crippen molar-refractivity contribution in [2.24, 2.45) is 17.8 Å². The summed E-state index contributed by atoms with van der Waals surface area (Å²) in [5.41, 5.74) is 0. The van der Waals surface area contributed by atoms with Gasteiger partial charge in [0.1, 0.15) is 6.29 Å². The summed E-state index contributed by atoms with van der Waals surface area (Å²) < 4.78 is 5.53. The third kappa shape index (κ3) is 5.89. The standard InChI is InChI=1S/C22H43N5O/c1-28-21-8-4-18(5-9-21)19-14-24-22(25-15-19)26-20-6-2-17(3-7-20)16-27-12-10-23-11-13-27/h17-26H,2-16H2,1H3. The second kappa shape index (κ2) is 10.7. The van der Waals surface area contributed by atoms with Crippen molar-refractivity contribution in [2.75, 3.05) is 52.9 Å². The van der Waals surface area contributed by atoms with Gasteiger partial charge in [-0.15, -0.1) is 0 Å². The second-order valence-corrected chi connectivity index (χ2v) is 9.72.